The molecule has 0 bridgehead atoms. The normalized spacial score (nSPS) is 12.3. The number of hydrogen-bond acceptors (Lipinski definition) is 5. The molecule has 6 N–H and O–H groups in total. The molecule has 1 aromatic rings. The van der Waals surface area contributed by atoms with Crippen LogP contribution >= 0.6 is 0 Å². The van der Waals surface area contributed by atoms with Crippen LogP contribution in [-0.2, 0) is 25.6 Å². The van der Waals surface area contributed by atoms with E-state index in [1.165, 1.54) is 0 Å². The fraction of sp³-hybridized carbons (Fsp3) is 0.450. The maximum Gasteiger partial charge on any atom is 0.326 e. The molecule has 0 radical (unpaired) electrons. The van der Waals surface area contributed by atoms with Gasteiger partial charge in [0.2, 0.25) is 5.91 Å². The van der Waals surface area contributed by atoms with Crippen molar-refractivity contribution in [3.8, 4) is 0 Å². The second-order valence-corrected chi connectivity index (χ2v) is 6.84. The molecule has 0 fully saturated rings. The van der Waals surface area contributed by atoms with Crippen LogP contribution in [-0.4, -0.2) is 63.8 Å². The van der Waals surface area contributed by atoms with Crippen LogP contribution in [0.25, 0.3) is 0 Å². The Morgan fingerprint density at radius 3 is 1.94 bits per heavy atom. The zero-order valence-corrected chi connectivity index (χ0v) is 16.9. The first-order valence-electron chi connectivity index (χ1n) is 9.74. The monoisotopic (exact) mass is 437 g/mol. The molecule has 11 heteroatoms. The Morgan fingerprint density at radius 1 is 0.806 bits per heavy atom. The largest absolute Gasteiger partial charge is 0.481 e. The lowest BCUT2D eigenvalue weighted by Gasteiger charge is -2.18. The Morgan fingerprint density at radius 2 is 1.39 bits per heavy atom. The Hall–Kier alpha value is -3.63. The molecule has 0 aliphatic rings. The van der Waals surface area contributed by atoms with E-state index in [0.717, 1.165) is 5.56 Å². The van der Waals surface area contributed by atoms with Gasteiger partial charge in [-0.1, -0.05) is 30.3 Å². The standard InChI is InChI=1S/C20H27N3O8/c24-16(12-13-6-2-1-3-7-13)21-11-5-4-8-14(18(27)28)22-20(31)23-15(19(29)30)9-10-17(25)26/h1-3,6-7,14-15H,4-5,8-12H2,(H,21,24)(H,25,26)(H,27,28)(H,29,30)(H2,22,23,31)/t14-,15-/m0/s1. The third-order valence-electron chi connectivity index (χ3n) is 4.30. The molecule has 1 aromatic carbocycles. The molecule has 0 aliphatic carbocycles. The summed E-state index contributed by atoms with van der Waals surface area (Å²) in [6.07, 6.45) is 0.402. The highest BCUT2D eigenvalue weighted by molar-refractivity contribution is 5.86. The van der Waals surface area contributed by atoms with Crippen molar-refractivity contribution in [2.45, 2.75) is 50.6 Å². The van der Waals surface area contributed by atoms with Gasteiger partial charge in [0.1, 0.15) is 12.1 Å². The highest BCUT2D eigenvalue weighted by Gasteiger charge is 2.24. The fourth-order valence-electron chi connectivity index (χ4n) is 2.69. The maximum absolute atomic E-state index is 11.9. The molecule has 1 rings (SSSR count). The molecule has 0 saturated heterocycles. The van der Waals surface area contributed by atoms with Crippen molar-refractivity contribution in [2.24, 2.45) is 0 Å². The number of unbranched alkanes of at least 4 members (excludes halogenated alkanes) is 1. The third-order valence-corrected chi connectivity index (χ3v) is 4.30. The minimum Gasteiger partial charge on any atom is -0.481 e. The Balaban J connectivity index is 2.35. The number of carboxylic acids is 3. The summed E-state index contributed by atoms with van der Waals surface area (Å²) in [7, 11) is 0. The van der Waals surface area contributed by atoms with Crippen molar-refractivity contribution in [2.75, 3.05) is 6.54 Å². The predicted octanol–water partition coefficient (Wildman–Crippen LogP) is 0.586. The highest BCUT2D eigenvalue weighted by Crippen LogP contribution is 2.03. The summed E-state index contributed by atoms with van der Waals surface area (Å²) in [6.45, 7) is 0.348. The molecule has 2 atom stereocenters. The average Bonchev–Trinajstić information content (AvgIpc) is 2.70. The van der Waals surface area contributed by atoms with Gasteiger partial charge in [-0.3, -0.25) is 9.59 Å². The molecule has 0 aromatic heterocycles. The zero-order valence-electron chi connectivity index (χ0n) is 16.9. The maximum atomic E-state index is 11.9. The van der Waals surface area contributed by atoms with Gasteiger partial charge in [-0.25, -0.2) is 14.4 Å². The highest BCUT2D eigenvalue weighted by atomic mass is 16.4. The van der Waals surface area contributed by atoms with Gasteiger partial charge >= 0.3 is 23.9 Å². The van der Waals surface area contributed by atoms with Gasteiger partial charge in [-0.15, -0.1) is 0 Å². The van der Waals surface area contributed by atoms with Crippen LogP contribution in [0, 0.1) is 0 Å². The average molecular weight is 437 g/mol. The number of rotatable bonds is 14. The summed E-state index contributed by atoms with van der Waals surface area (Å²) < 4.78 is 0. The van der Waals surface area contributed by atoms with E-state index in [-0.39, 0.29) is 25.2 Å². The minimum atomic E-state index is -1.45. The first-order valence-corrected chi connectivity index (χ1v) is 9.74. The van der Waals surface area contributed by atoms with Gasteiger partial charge < -0.3 is 31.3 Å². The van der Waals surface area contributed by atoms with Crippen LogP contribution in [0.1, 0.15) is 37.7 Å². The molecule has 0 heterocycles. The van der Waals surface area contributed by atoms with Gasteiger partial charge in [0, 0.05) is 13.0 Å². The van der Waals surface area contributed by atoms with E-state index < -0.39 is 42.4 Å². The van der Waals surface area contributed by atoms with E-state index in [1.54, 1.807) is 0 Å². The van der Waals surface area contributed by atoms with Crippen LogP contribution in [0.15, 0.2) is 30.3 Å². The molecule has 170 valence electrons. The molecular weight excluding hydrogens is 410 g/mol. The minimum absolute atomic E-state index is 0.0736. The second-order valence-electron chi connectivity index (χ2n) is 6.84. The number of carbonyl (C=O) groups excluding carboxylic acids is 2. The van der Waals surface area contributed by atoms with Gasteiger partial charge in [0.05, 0.1) is 6.42 Å². The number of carboxylic acid groups (broad SMARTS) is 3. The molecule has 0 aliphatic heterocycles. The number of amides is 3. The van der Waals surface area contributed by atoms with Gasteiger partial charge in [0.15, 0.2) is 0 Å². The second kappa shape index (κ2) is 13.6. The predicted molar refractivity (Wildman–Crippen MR) is 108 cm³/mol. The summed E-state index contributed by atoms with van der Waals surface area (Å²) >= 11 is 0. The van der Waals surface area contributed by atoms with Crippen molar-refractivity contribution in [3.05, 3.63) is 35.9 Å². The quantitative estimate of drug-likeness (QED) is 0.228. The lowest BCUT2D eigenvalue weighted by atomic mass is 10.1. The lowest BCUT2D eigenvalue weighted by molar-refractivity contribution is -0.140. The number of carbonyl (C=O) groups is 5. The summed E-state index contributed by atoms with van der Waals surface area (Å²) in [5.74, 6) is -4.08. The van der Waals surface area contributed by atoms with E-state index in [0.29, 0.717) is 19.4 Å². The first kappa shape index (κ1) is 25.4. The van der Waals surface area contributed by atoms with Crippen molar-refractivity contribution < 1.29 is 39.3 Å². The summed E-state index contributed by atoms with van der Waals surface area (Å²) in [5, 5.41) is 33.9. The molecule has 31 heavy (non-hydrogen) atoms. The molecule has 0 saturated carbocycles. The molecule has 0 spiro atoms. The van der Waals surface area contributed by atoms with Gasteiger partial charge in [0.25, 0.3) is 0 Å². The SMILES string of the molecule is O=C(O)CC[C@H](NC(=O)N[C@@H](CCCCNC(=O)Cc1ccccc1)C(=O)O)C(=O)O. The number of urea groups is 1. The first-order chi connectivity index (χ1) is 14.7. The van der Waals surface area contributed by atoms with Crippen LogP contribution in [0.5, 0.6) is 0 Å². The zero-order chi connectivity index (χ0) is 23.2. The summed E-state index contributed by atoms with van der Waals surface area (Å²) in [6, 6.07) is 5.48. The lowest BCUT2D eigenvalue weighted by Crippen LogP contribution is -2.51. The van der Waals surface area contributed by atoms with E-state index in [4.69, 9.17) is 10.2 Å². The molecular formula is C20H27N3O8. The number of nitrogens with one attached hydrogen (secondary N) is 3. The van der Waals surface area contributed by atoms with Crippen molar-refractivity contribution in [1.82, 2.24) is 16.0 Å². The van der Waals surface area contributed by atoms with E-state index in [2.05, 4.69) is 16.0 Å². The van der Waals surface area contributed by atoms with E-state index in [1.807, 2.05) is 30.3 Å². The number of hydrogen-bond donors (Lipinski definition) is 6. The van der Waals surface area contributed by atoms with E-state index in [9.17, 15) is 29.1 Å². The topological polar surface area (TPSA) is 182 Å². The summed E-state index contributed by atoms with van der Waals surface area (Å²) in [5.41, 5.74) is 0.879. The van der Waals surface area contributed by atoms with E-state index >= 15 is 0 Å². The molecule has 0 unspecified atom stereocenters. The van der Waals surface area contributed by atoms with Crippen molar-refractivity contribution >= 4 is 29.8 Å². The van der Waals surface area contributed by atoms with Crippen LogP contribution in [0.4, 0.5) is 4.79 Å². The fourth-order valence-corrected chi connectivity index (χ4v) is 2.69. The molecule has 3 amide bonds. The Kier molecular flexibility index (Phi) is 11.1. The van der Waals surface area contributed by atoms with Crippen molar-refractivity contribution in [3.63, 3.8) is 0 Å². The smallest absolute Gasteiger partial charge is 0.326 e. The van der Waals surface area contributed by atoms with Crippen molar-refractivity contribution in [1.29, 1.82) is 0 Å². The third kappa shape index (κ3) is 11.2. The summed E-state index contributed by atoms with van der Waals surface area (Å²) in [4.78, 5) is 56.8. The van der Waals surface area contributed by atoms with Crippen LogP contribution in [0.2, 0.25) is 0 Å². The Bertz CT molecular complexity index is 769. The van der Waals surface area contributed by atoms with Gasteiger partial charge in [-0.2, -0.15) is 0 Å². The molecule has 11 nitrogen and oxygen atoms in total. The number of aliphatic carboxylic acids is 3. The number of benzene rings is 1. The van der Waals surface area contributed by atoms with Crippen LogP contribution < -0.4 is 16.0 Å². The Labute approximate surface area is 178 Å². The van der Waals surface area contributed by atoms with Gasteiger partial charge in [-0.05, 0) is 31.2 Å². The van der Waals surface area contributed by atoms with Crippen LogP contribution in [0.3, 0.4) is 0 Å².